The van der Waals surface area contributed by atoms with Crippen LogP contribution in [0.2, 0.25) is 0 Å². The standard InChI is InChI=1S/C26H30FN7S2/c1-28-25(35)33(26-29-12-17-36-26)16-15-32-13-10-21(11-14-32)30-24-31-22-4-2-3-5-23(22)34(24)18-19-6-8-20(27)9-7-19/h2-9,12,17,21H,10-11,13-16,18H2,1H3,(H,28,35)(H,30,31). The van der Waals surface area contributed by atoms with Gasteiger partial charge in [-0.3, -0.25) is 4.90 Å². The highest BCUT2D eigenvalue weighted by molar-refractivity contribution is 7.80. The fraction of sp³-hybridized carbons (Fsp3) is 0.346. The van der Waals surface area contributed by atoms with E-state index in [9.17, 15) is 4.39 Å². The van der Waals surface area contributed by atoms with E-state index >= 15 is 0 Å². The third-order valence-electron chi connectivity index (χ3n) is 6.58. The Morgan fingerprint density at radius 2 is 1.94 bits per heavy atom. The highest BCUT2D eigenvalue weighted by Gasteiger charge is 2.23. The summed E-state index contributed by atoms with van der Waals surface area (Å²) in [4.78, 5) is 13.9. The number of rotatable bonds is 8. The predicted molar refractivity (Wildman–Crippen MR) is 149 cm³/mol. The van der Waals surface area contributed by atoms with Crippen LogP contribution in [0.15, 0.2) is 60.1 Å². The van der Waals surface area contributed by atoms with Gasteiger partial charge in [-0.25, -0.2) is 14.4 Å². The largest absolute Gasteiger partial charge is 0.365 e. The molecule has 0 saturated carbocycles. The Hall–Kier alpha value is -3.08. The molecule has 0 spiro atoms. The van der Waals surface area contributed by atoms with Gasteiger partial charge in [0, 0.05) is 50.8 Å². The molecule has 10 heteroatoms. The van der Waals surface area contributed by atoms with Gasteiger partial charge in [0.2, 0.25) is 5.95 Å². The van der Waals surface area contributed by atoms with Gasteiger partial charge in [0.1, 0.15) is 5.82 Å². The number of thiocarbonyl (C=S) groups is 1. The first-order valence-corrected chi connectivity index (χ1v) is 13.5. The Labute approximate surface area is 220 Å². The summed E-state index contributed by atoms with van der Waals surface area (Å²) < 4.78 is 15.6. The van der Waals surface area contributed by atoms with E-state index in [1.807, 2.05) is 49.0 Å². The number of nitrogens with one attached hydrogen (secondary N) is 2. The number of piperidine rings is 1. The average molecular weight is 524 g/mol. The Balaban J connectivity index is 1.21. The number of halogens is 1. The molecule has 1 aliphatic rings. The van der Waals surface area contributed by atoms with Gasteiger partial charge in [0.05, 0.1) is 17.6 Å². The zero-order chi connectivity index (χ0) is 24.9. The molecule has 7 nitrogen and oxygen atoms in total. The summed E-state index contributed by atoms with van der Waals surface area (Å²) in [5.74, 6) is 0.648. The van der Waals surface area contributed by atoms with Crippen molar-refractivity contribution in [1.82, 2.24) is 24.8 Å². The van der Waals surface area contributed by atoms with E-state index in [0.717, 1.165) is 66.7 Å². The predicted octanol–water partition coefficient (Wildman–Crippen LogP) is 4.57. The molecular formula is C26H30FN7S2. The highest BCUT2D eigenvalue weighted by Crippen LogP contribution is 2.24. The molecule has 1 fully saturated rings. The molecule has 0 amide bonds. The topological polar surface area (TPSA) is 61.2 Å². The van der Waals surface area contributed by atoms with Gasteiger partial charge in [-0.2, -0.15) is 0 Å². The van der Waals surface area contributed by atoms with Crippen LogP contribution in [-0.4, -0.2) is 63.8 Å². The lowest BCUT2D eigenvalue weighted by molar-refractivity contribution is 0.224. The van der Waals surface area contributed by atoms with E-state index in [2.05, 4.69) is 36.1 Å². The van der Waals surface area contributed by atoms with Crippen LogP contribution < -0.4 is 15.5 Å². The maximum atomic E-state index is 13.4. The van der Waals surface area contributed by atoms with Crippen molar-refractivity contribution >= 4 is 50.8 Å². The number of imidazole rings is 1. The van der Waals surface area contributed by atoms with Crippen molar-refractivity contribution < 1.29 is 4.39 Å². The van der Waals surface area contributed by atoms with E-state index in [-0.39, 0.29) is 5.82 Å². The number of likely N-dealkylation sites (tertiary alicyclic amines) is 1. The van der Waals surface area contributed by atoms with E-state index in [4.69, 9.17) is 17.2 Å². The summed E-state index contributed by atoms with van der Waals surface area (Å²) in [5.41, 5.74) is 3.08. The molecule has 0 unspecified atom stereocenters. The van der Waals surface area contributed by atoms with Crippen molar-refractivity contribution in [3.8, 4) is 0 Å². The molecule has 188 valence electrons. The molecule has 5 rings (SSSR count). The van der Waals surface area contributed by atoms with Crippen molar-refractivity contribution in [2.75, 3.05) is 43.4 Å². The first-order chi connectivity index (χ1) is 17.6. The Morgan fingerprint density at radius 3 is 2.67 bits per heavy atom. The van der Waals surface area contributed by atoms with Crippen molar-refractivity contribution in [3.63, 3.8) is 0 Å². The molecule has 36 heavy (non-hydrogen) atoms. The normalized spacial score (nSPS) is 14.7. The molecule has 1 aliphatic heterocycles. The number of thiazole rings is 1. The summed E-state index contributed by atoms with van der Waals surface area (Å²) in [6.45, 7) is 4.39. The zero-order valence-corrected chi connectivity index (χ0v) is 21.9. The first kappa shape index (κ1) is 24.6. The van der Waals surface area contributed by atoms with Gasteiger partial charge in [-0.15, -0.1) is 11.3 Å². The molecule has 4 aromatic rings. The molecule has 2 N–H and O–H groups in total. The minimum Gasteiger partial charge on any atom is -0.365 e. The number of para-hydroxylation sites is 2. The maximum absolute atomic E-state index is 13.4. The zero-order valence-electron chi connectivity index (χ0n) is 20.2. The number of anilines is 2. The Morgan fingerprint density at radius 1 is 1.17 bits per heavy atom. The molecule has 2 aromatic carbocycles. The monoisotopic (exact) mass is 523 g/mol. The Bertz CT molecular complexity index is 1280. The van der Waals surface area contributed by atoms with E-state index in [1.165, 1.54) is 12.1 Å². The van der Waals surface area contributed by atoms with Crippen molar-refractivity contribution in [3.05, 3.63) is 71.5 Å². The second-order valence-corrected chi connectivity index (χ2v) is 10.2. The summed E-state index contributed by atoms with van der Waals surface area (Å²) in [5, 5.41) is 10.4. The van der Waals surface area contributed by atoms with Crippen LogP contribution in [0.1, 0.15) is 18.4 Å². The molecule has 0 bridgehead atoms. The number of aromatic nitrogens is 3. The molecule has 0 atom stereocenters. The van der Waals surface area contributed by atoms with Crippen LogP contribution in [0.3, 0.4) is 0 Å². The summed E-state index contributed by atoms with van der Waals surface area (Å²) in [6, 6.07) is 15.2. The number of nitrogens with zero attached hydrogens (tertiary/aromatic N) is 5. The van der Waals surface area contributed by atoms with Gasteiger partial charge in [0.25, 0.3) is 0 Å². The van der Waals surface area contributed by atoms with Crippen molar-refractivity contribution in [2.45, 2.75) is 25.4 Å². The highest BCUT2D eigenvalue weighted by atomic mass is 32.1. The van der Waals surface area contributed by atoms with Crippen LogP contribution in [-0.2, 0) is 6.54 Å². The minimum absolute atomic E-state index is 0.220. The quantitative estimate of drug-likeness (QED) is 0.328. The van der Waals surface area contributed by atoms with Gasteiger partial charge in [-0.05, 0) is 54.9 Å². The van der Waals surface area contributed by atoms with E-state index < -0.39 is 0 Å². The molecular weight excluding hydrogens is 493 g/mol. The van der Waals surface area contributed by atoms with Crippen LogP contribution in [0, 0.1) is 5.82 Å². The van der Waals surface area contributed by atoms with Crippen molar-refractivity contribution in [2.24, 2.45) is 0 Å². The second kappa shape index (κ2) is 11.3. The first-order valence-electron chi connectivity index (χ1n) is 12.2. The number of hydrogen-bond acceptors (Lipinski definition) is 6. The third-order valence-corrected chi connectivity index (χ3v) is 7.80. The van der Waals surface area contributed by atoms with Gasteiger partial charge in [-0.1, -0.05) is 24.3 Å². The molecule has 3 heterocycles. The molecule has 0 radical (unpaired) electrons. The number of fused-ring (bicyclic) bond motifs is 1. The minimum atomic E-state index is -0.220. The summed E-state index contributed by atoms with van der Waals surface area (Å²) >= 11 is 7.10. The summed E-state index contributed by atoms with van der Waals surface area (Å²) in [6.07, 6.45) is 3.88. The fourth-order valence-corrected chi connectivity index (χ4v) is 5.52. The van der Waals surface area contributed by atoms with Crippen LogP contribution in [0.25, 0.3) is 11.0 Å². The smallest absolute Gasteiger partial charge is 0.204 e. The second-order valence-electron chi connectivity index (χ2n) is 8.92. The van der Waals surface area contributed by atoms with Crippen molar-refractivity contribution in [1.29, 1.82) is 0 Å². The lowest BCUT2D eigenvalue weighted by Gasteiger charge is -2.34. The number of hydrogen-bond donors (Lipinski definition) is 2. The van der Waals surface area contributed by atoms with Gasteiger partial charge in [0.15, 0.2) is 10.2 Å². The lowest BCUT2D eigenvalue weighted by atomic mass is 10.1. The lowest BCUT2D eigenvalue weighted by Crippen LogP contribution is -2.46. The van der Waals surface area contributed by atoms with Crippen LogP contribution in [0.5, 0.6) is 0 Å². The van der Waals surface area contributed by atoms with Gasteiger partial charge < -0.3 is 20.1 Å². The average Bonchev–Trinajstić information content (AvgIpc) is 3.55. The number of benzene rings is 2. The third kappa shape index (κ3) is 5.66. The molecule has 2 aromatic heterocycles. The molecule has 1 saturated heterocycles. The SMILES string of the molecule is CNC(=S)N(CCN1CCC(Nc2nc3ccccc3n2Cc2ccc(F)cc2)CC1)c1nccs1. The van der Waals surface area contributed by atoms with Crippen LogP contribution in [0.4, 0.5) is 15.5 Å². The van der Waals surface area contributed by atoms with E-state index in [0.29, 0.717) is 17.7 Å². The summed E-state index contributed by atoms with van der Waals surface area (Å²) in [7, 11) is 1.85. The maximum Gasteiger partial charge on any atom is 0.204 e. The van der Waals surface area contributed by atoms with E-state index in [1.54, 1.807) is 11.3 Å². The van der Waals surface area contributed by atoms with Gasteiger partial charge >= 0.3 is 0 Å². The Kier molecular flexibility index (Phi) is 7.74. The fourth-order valence-electron chi connectivity index (χ4n) is 4.61. The molecule has 0 aliphatic carbocycles. The van der Waals surface area contributed by atoms with Crippen LogP contribution >= 0.6 is 23.6 Å².